The zero-order chi connectivity index (χ0) is 15.3. The SMILES string of the molecule is CC(C)(C)c1ccc(OC[C@H](O)CSc2ncn[nH]2)cc1. The Morgan fingerprint density at radius 2 is 2.00 bits per heavy atom. The quantitative estimate of drug-likeness (QED) is 0.803. The summed E-state index contributed by atoms with van der Waals surface area (Å²) < 4.78 is 5.60. The van der Waals surface area contributed by atoms with Gasteiger partial charge in [0.05, 0.1) is 6.10 Å². The van der Waals surface area contributed by atoms with Crippen molar-refractivity contribution in [1.29, 1.82) is 0 Å². The van der Waals surface area contributed by atoms with E-state index in [9.17, 15) is 5.11 Å². The first kappa shape index (κ1) is 15.9. The van der Waals surface area contributed by atoms with E-state index in [0.717, 1.165) is 5.75 Å². The molecule has 0 saturated carbocycles. The van der Waals surface area contributed by atoms with Crippen LogP contribution in [0.3, 0.4) is 0 Å². The highest BCUT2D eigenvalue weighted by Gasteiger charge is 2.13. The predicted molar refractivity (Wildman–Crippen MR) is 83.8 cm³/mol. The van der Waals surface area contributed by atoms with Crippen LogP contribution in [0.4, 0.5) is 0 Å². The molecule has 0 unspecified atom stereocenters. The molecule has 0 amide bonds. The van der Waals surface area contributed by atoms with Crippen LogP contribution >= 0.6 is 11.8 Å². The second-order valence-corrected chi connectivity index (χ2v) is 6.85. The van der Waals surface area contributed by atoms with Crippen molar-refractivity contribution in [3.8, 4) is 5.75 Å². The zero-order valence-corrected chi connectivity index (χ0v) is 13.4. The summed E-state index contributed by atoms with van der Waals surface area (Å²) in [5.41, 5.74) is 1.39. The maximum absolute atomic E-state index is 9.89. The van der Waals surface area contributed by atoms with Crippen LogP contribution < -0.4 is 4.74 Å². The molecule has 1 aromatic carbocycles. The lowest BCUT2D eigenvalue weighted by Crippen LogP contribution is -2.20. The number of thioether (sulfide) groups is 1. The molecule has 6 heteroatoms. The number of nitrogens with zero attached hydrogens (tertiary/aromatic N) is 2. The lowest BCUT2D eigenvalue weighted by atomic mass is 9.87. The van der Waals surface area contributed by atoms with Gasteiger partial charge in [0.2, 0.25) is 0 Å². The number of nitrogens with one attached hydrogen (secondary N) is 1. The maximum Gasteiger partial charge on any atom is 0.183 e. The van der Waals surface area contributed by atoms with Crippen LogP contribution in [-0.4, -0.2) is 38.8 Å². The van der Waals surface area contributed by atoms with E-state index in [1.165, 1.54) is 23.7 Å². The van der Waals surface area contributed by atoms with Gasteiger partial charge < -0.3 is 9.84 Å². The number of rotatable bonds is 6. The summed E-state index contributed by atoms with van der Waals surface area (Å²) in [6, 6.07) is 8.00. The number of benzene rings is 1. The molecule has 0 aliphatic rings. The Morgan fingerprint density at radius 1 is 1.29 bits per heavy atom. The van der Waals surface area contributed by atoms with Crippen molar-refractivity contribution < 1.29 is 9.84 Å². The van der Waals surface area contributed by atoms with Gasteiger partial charge in [0, 0.05) is 5.75 Å². The van der Waals surface area contributed by atoms with Crippen molar-refractivity contribution in [2.75, 3.05) is 12.4 Å². The first-order valence-electron chi connectivity index (χ1n) is 6.85. The van der Waals surface area contributed by atoms with Crippen LogP contribution in [0, 0.1) is 0 Å². The molecule has 0 bridgehead atoms. The molecule has 0 fully saturated rings. The molecule has 0 aliphatic heterocycles. The van der Waals surface area contributed by atoms with E-state index < -0.39 is 6.10 Å². The maximum atomic E-state index is 9.89. The van der Waals surface area contributed by atoms with Crippen molar-refractivity contribution in [1.82, 2.24) is 15.2 Å². The third-order valence-corrected chi connectivity index (χ3v) is 3.99. The molecule has 0 saturated heterocycles. The summed E-state index contributed by atoms with van der Waals surface area (Å²) in [4.78, 5) is 3.98. The van der Waals surface area contributed by atoms with Gasteiger partial charge in [0.25, 0.3) is 0 Å². The minimum absolute atomic E-state index is 0.131. The van der Waals surface area contributed by atoms with Crippen LogP contribution in [0.25, 0.3) is 0 Å². The molecule has 1 heterocycles. The molecule has 2 aromatic rings. The van der Waals surface area contributed by atoms with Crippen molar-refractivity contribution in [2.24, 2.45) is 0 Å². The van der Waals surface area contributed by atoms with Gasteiger partial charge in [-0.1, -0.05) is 44.7 Å². The van der Waals surface area contributed by atoms with Gasteiger partial charge in [0.1, 0.15) is 18.7 Å². The number of hydrogen-bond acceptors (Lipinski definition) is 5. The Labute approximate surface area is 129 Å². The lowest BCUT2D eigenvalue weighted by Gasteiger charge is -2.19. The van der Waals surface area contributed by atoms with Gasteiger partial charge in [-0.15, -0.1) is 0 Å². The standard InChI is InChI=1S/C15H21N3O2S/c1-15(2,3)11-4-6-13(7-5-11)20-8-12(19)9-21-14-16-10-17-18-14/h4-7,10,12,19H,8-9H2,1-3H3,(H,16,17,18)/t12-/m0/s1. The minimum Gasteiger partial charge on any atom is -0.491 e. The van der Waals surface area contributed by atoms with Crippen molar-refractivity contribution in [3.63, 3.8) is 0 Å². The average Bonchev–Trinajstić information content (AvgIpc) is 2.95. The van der Waals surface area contributed by atoms with E-state index in [1.54, 1.807) is 0 Å². The first-order valence-corrected chi connectivity index (χ1v) is 7.83. The van der Waals surface area contributed by atoms with Crippen LogP contribution in [0.2, 0.25) is 0 Å². The van der Waals surface area contributed by atoms with Crippen LogP contribution in [0.1, 0.15) is 26.3 Å². The smallest absolute Gasteiger partial charge is 0.183 e. The highest BCUT2D eigenvalue weighted by atomic mass is 32.2. The molecule has 0 spiro atoms. The van der Waals surface area contributed by atoms with E-state index in [-0.39, 0.29) is 12.0 Å². The van der Waals surface area contributed by atoms with E-state index >= 15 is 0 Å². The summed E-state index contributed by atoms with van der Waals surface area (Å²) >= 11 is 1.42. The highest BCUT2D eigenvalue weighted by molar-refractivity contribution is 7.99. The lowest BCUT2D eigenvalue weighted by molar-refractivity contribution is 0.126. The van der Waals surface area contributed by atoms with E-state index in [2.05, 4.69) is 48.1 Å². The van der Waals surface area contributed by atoms with Crippen molar-refractivity contribution >= 4 is 11.8 Å². The van der Waals surface area contributed by atoms with E-state index in [0.29, 0.717) is 10.9 Å². The fourth-order valence-electron chi connectivity index (χ4n) is 1.73. The molecule has 5 nitrogen and oxygen atoms in total. The number of aromatic amines is 1. The van der Waals surface area contributed by atoms with Gasteiger partial charge >= 0.3 is 0 Å². The summed E-state index contributed by atoms with van der Waals surface area (Å²) in [5, 5.41) is 17.1. The van der Waals surface area contributed by atoms with Gasteiger partial charge in [-0.3, -0.25) is 5.10 Å². The number of aliphatic hydroxyl groups is 1. The second-order valence-electron chi connectivity index (χ2n) is 5.84. The molecule has 1 aromatic heterocycles. The number of aliphatic hydroxyl groups excluding tert-OH is 1. The summed E-state index contributed by atoms with van der Waals surface area (Å²) in [7, 11) is 0. The van der Waals surface area contributed by atoms with Crippen molar-refractivity contribution in [2.45, 2.75) is 37.4 Å². The number of hydrogen-bond donors (Lipinski definition) is 2. The number of H-pyrrole nitrogens is 1. The molecule has 114 valence electrons. The topological polar surface area (TPSA) is 71.0 Å². The Hall–Kier alpha value is -1.53. The molecule has 1 atom stereocenters. The minimum atomic E-state index is -0.553. The van der Waals surface area contributed by atoms with Gasteiger partial charge in [-0.05, 0) is 23.1 Å². The molecule has 21 heavy (non-hydrogen) atoms. The first-order chi connectivity index (χ1) is 9.95. The second kappa shape index (κ2) is 6.95. The molecular weight excluding hydrogens is 286 g/mol. The van der Waals surface area contributed by atoms with Gasteiger partial charge in [-0.2, -0.15) is 5.10 Å². The molecule has 2 N–H and O–H groups in total. The Kier molecular flexibility index (Phi) is 5.25. The van der Waals surface area contributed by atoms with Crippen LogP contribution in [-0.2, 0) is 5.41 Å². The monoisotopic (exact) mass is 307 g/mol. The van der Waals surface area contributed by atoms with Crippen LogP contribution in [0.15, 0.2) is 35.7 Å². The highest BCUT2D eigenvalue weighted by Crippen LogP contribution is 2.24. The molecule has 0 radical (unpaired) electrons. The van der Waals surface area contributed by atoms with E-state index in [4.69, 9.17) is 4.74 Å². The fourth-order valence-corrected chi connectivity index (χ4v) is 2.42. The van der Waals surface area contributed by atoms with Crippen LogP contribution in [0.5, 0.6) is 5.75 Å². The number of ether oxygens (including phenoxy) is 1. The van der Waals surface area contributed by atoms with E-state index in [1.807, 2.05) is 12.1 Å². The van der Waals surface area contributed by atoms with Crippen molar-refractivity contribution in [3.05, 3.63) is 36.2 Å². The normalized spacial score (nSPS) is 13.1. The predicted octanol–water partition coefficient (Wildman–Crippen LogP) is 2.63. The summed E-state index contributed by atoms with van der Waals surface area (Å²) in [6.07, 6.45) is 0.893. The summed E-state index contributed by atoms with van der Waals surface area (Å²) in [5.74, 6) is 1.28. The Bertz CT molecular complexity index is 535. The third kappa shape index (κ3) is 5.06. The fraction of sp³-hybridized carbons (Fsp3) is 0.467. The Morgan fingerprint density at radius 3 is 2.57 bits per heavy atom. The Balaban J connectivity index is 1.77. The van der Waals surface area contributed by atoms with Gasteiger partial charge in [0.15, 0.2) is 5.16 Å². The third-order valence-electron chi connectivity index (χ3n) is 2.97. The zero-order valence-electron chi connectivity index (χ0n) is 12.5. The molecule has 0 aliphatic carbocycles. The average molecular weight is 307 g/mol. The number of aromatic nitrogens is 3. The molecule has 2 rings (SSSR count). The largest absolute Gasteiger partial charge is 0.491 e. The molecular formula is C15H21N3O2S. The van der Waals surface area contributed by atoms with Gasteiger partial charge in [-0.25, -0.2) is 4.98 Å². The summed E-state index contributed by atoms with van der Waals surface area (Å²) in [6.45, 7) is 6.78.